The number of hydrogen-bond acceptors (Lipinski definition) is 3. The Morgan fingerprint density at radius 3 is 2.14 bits per heavy atom. The first kappa shape index (κ1) is 24.9. The number of methoxy groups -OCH3 is 1. The molecule has 0 spiro atoms. The molecule has 6 rings (SSSR count). The molecule has 0 atom stereocenters. The quantitative estimate of drug-likeness (QED) is 0.295. The van der Waals surface area contributed by atoms with Gasteiger partial charge in [0, 0.05) is 35.8 Å². The maximum atomic E-state index is 12.4. The van der Waals surface area contributed by atoms with Crippen molar-refractivity contribution < 1.29 is 19.4 Å². The van der Waals surface area contributed by atoms with E-state index in [0.717, 1.165) is 86.2 Å². The summed E-state index contributed by atoms with van der Waals surface area (Å²) in [5.74, 6) is 8.79. The second-order valence-electron chi connectivity index (χ2n) is 11.2. The molecule has 4 aliphatic rings. The summed E-state index contributed by atoms with van der Waals surface area (Å²) in [6, 6.07) is 13.5. The summed E-state index contributed by atoms with van der Waals surface area (Å²) in [4.78, 5) is 12.4. The van der Waals surface area contributed by atoms with E-state index in [1.807, 2.05) is 36.4 Å². The lowest BCUT2D eigenvalue weighted by molar-refractivity contribution is -0.00654. The minimum Gasteiger partial charge on any atom is -0.493 e. The first-order valence-electron chi connectivity index (χ1n) is 13.7. The van der Waals surface area contributed by atoms with Crippen LogP contribution in [0.3, 0.4) is 0 Å². The number of unbranched alkanes of at least 4 members (excludes halogenated alkanes) is 3. The molecule has 4 heteroatoms. The van der Waals surface area contributed by atoms with Gasteiger partial charge in [0.1, 0.15) is 5.75 Å². The molecule has 4 aliphatic carbocycles. The third-order valence-electron chi connectivity index (χ3n) is 8.57. The summed E-state index contributed by atoms with van der Waals surface area (Å²) < 4.78 is 11.6. The van der Waals surface area contributed by atoms with Crippen LogP contribution in [0.4, 0.5) is 0 Å². The van der Waals surface area contributed by atoms with E-state index < -0.39 is 5.97 Å². The molecule has 0 heterocycles. The Balaban J connectivity index is 1.52. The average Bonchev–Trinajstić information content (AvgIpc) is 2.86. The lowest BCUT2D eigenvalue weighted by Crippen LogP contribution is -2.49. The third-order valence-corrected chi connectivity index (χ3v) is 8.57. The number of carboxylic acids is 1. The fourth-order valence-corrected chi connectivity index (χ4v) is 7.50. The Hall–Kier alpha value is -2.77. The zero-order valence-electron chi connectivity index (χ0n) is 21.4. The summed E-state index contributed by atoms with van der Waals surface area (Å²) in [7, 11) is 1.74. The number of carbonyl (C=O) groups is 1. The van der Waals surface area contributed by atoms with E-state index in [4.69, 9.17) is 9.47 Å². The highest BCUT2D eigenvalue weighted by molar-refractivity contribution is 5.92. The van der Waals surface area contributed by atoms with Gasteiger partial charge in [-0.2, -0.15) is 0 Å². The van der Waals surface area contributed by atoms with Crippen LogP contribution in [0.1, 0.15) is 91.3 Å². The number of rotatable bonds is 10. The lowest BCUT2D eigenvalue weighted by atomic mass is 9.47. The van der Waals surface area contributed by atoms with Gasteiger partial charge < -0.3 is 14.6 Å². The minimum atomic E-state index is -0.914. The van der Waals surface area contributed by atoms with Gasteiger partial charge in [-0.05, 0) is 99.8 Å². The highest BCUT2D eigenvalue weighted by Crippen LogP contribution is 2.62. The van der Waals surface area contributed by atoms with Crippen molar-refractivity contribution in [2.75, 3.05) is 20.3 Å². The summed E-state index contributed by atoms with van der Waals surface area (Å²) in [6.45, 7) is 1.45. The fourth-order valence-electron chi connectivity index (χ4n) is 7.50. The highest BCUT2D eigenvalue weighted by atomic mass is 16.5. The number of ether oxygens (including phenoxy) is 2. The molecule has 4 nitrogen and oxygen atoms in total. The lowest BCUT2D eigenvalue weighted by Gasteiger charge is -2.57. The second-order valence-corrected chi connectivity index (χ2v) is 11.2. The number of benzene rings is 2. The molecule has 0 radical (unpaired) electrons. The Kier molecular flexibility index (Phi) is 7.67. The van der Waals surface area contributed by atoms with Crippen molar-refractivity contribution in [1.82, 2.24) is 0 Å². The van der Waals surface area contributed by atoms with Crippen molar-refractivity contribution in [2.24, 2.45) is 17.8 Å². The largest absolute Gasteiger partial charge is 0.493 e. The minimum absolute atomic E-state index is 0.0191. The first-order chi connectivity index (χ1) is 17.6. The number of carboxylic acid groups (broad SMARTS) is 1. The van der Waals surface area contributed by atoms with Gasteiger partial charge in [-0.1, -0.05) is 36.5 Å². The molecule has 190 valence electrons. The molecular formula is C32H38O4. The van der Waals surface area contributed by atoms with E-state index in [9.17, 15) is 9.90 Å². The Bertz CT molecular complexity index is 1090. The van der Waals surface area contributed by atoms with Crippen molar-refractivity contribution >= 4 is 5.97 Å². The second kappa shape index (κ2) is 11.1. The van der Waals surface area contributed by atoms with Gasteiger partial charge in [0.25, 0.3) is 0 Å². The zero-order chi connectivity index (χ0) is 25.0. The van der Waals surface area contributed by atoms with E-state index in [2.05, 4.69) is 11.8 Å². The van der Waals surface area contributed by atoms with Gasteiger partial charge in [0.2, 0.25) is 0 Å². The summed E-state index contributed by atoms with van der Waals surface area (Å²) >= 11 is 0. The van der Waals surface area contributed by atoms with Crippen LogP contribution < -0.4 is 4.74 Å². The van der Waals surface area contributed by atoms with Gasteiger partial charge in [-0.25, -0.2) is 4.79 Å². The van der Waals surface area contributed by atoms with Crippen LogP contribution in [-0.2, 0) is 10.2 Å². The van der Waals surface area contributed by atoms with Crippen LogP contribution in [0.15, 0.2) is 42.5 Å². The van der Waals surface area contributed by atoms with Crippen molar-refractivity contribution in [3.05, 3.63) is 64.7 Å². The van der Waals surface area contributed by atoms with Crippen molar-refractivity contribution in [1.29, 1.82) is 0 Å². The molecule has 0 saturated heterocycles. The van der Waals surface area contributed by atoms with Crippen molar-refractivity contribution in [3.63, 3.8) is 0 Å². The Labute approximate surface area is 215 Å². The standard InChI is InChI=1S/C32H38O4/c1-35-15-7-2-3-8-16-36-29-14-13-28(31(33)34)27(12-11-23-9-5-4-6-10-23)30(29)32-20-24-17-25(21-32)19-26(18-24)22-32/h4-6,9-10,13-14,24-26H,2-3,7-8,15-22H2,1H3,(H,33,34). The topological polar surface area (TPSA) is 55.8 Å². The molecule has 0 amide bonds. The highest BCUT2D eigenvalue weighted by Gasteiger charge is 2.53. The normalized spacial score (nSPS) is 25.9. The average molecular weight is 487 g/mol. The fraction of sp³-hybridized carbons (Fsp3) is 0.531. The van der Waals surface area contributed by atoms with Crippen LogP contribution >= 0.6 is 0 Å². The van der Waals surface area contributed by atoms with Gasteiger partial charge >= 0.3 is 5.97 Å². The Morgan fingerprint density at radius 2 is 1.53 bits per heavy atom. The van der Waals surface area contributed by atoms with Gasteiger partial charge in [0.05, 0.1) is 12.2 Å². The smallest absolute Gasteiger partial charge is 0.336 e. The summed E-state index contributed by atoms with van der Waals surface area (Å²) in [6.07, 6.45) is 11.7. The SMILES string of the molecule is COCCCCCCOc1ccc(C(=O)O)c(C#Cc2ccccc2)c1C12CC3CC(CC(C3)C1)C2. The third kappa shape index (κ3) is 5.32. The molecule has 36 heavy (non-hydrogen) atoms. The van der Waals surface area contributed by atoms with Crippen LogP contribution in [0.25, 0.3) is 0 Å². The monoisotopic (exact) mass is 486 g/mol. The van der Waals surface area contributed by atoms with Crippen LogP contribution in [0.5, 0.6) is 5.75 Å². The summed E-state index contributed by atoms with van der Waals surface area (Å²) in [5, 5.41) is 10.2. The molecule has 1 N–H and O–H groups in total. The van der Waals surface area contributed by atoms with E-state index >= 15 is 0 Å². The maximum absolute atomic E-state index is 12.4. The molecule has 0 unspecified atom stereocenters. The maximum Gasteiger partial charge on any atom is 0.336 e. The zero-order valence-corrected chi connectivity index (χ0v) is 21.4. The molecule has 0 aromatic heterocycles. The molecule has 4 bridgehead atoms. The van der Waals surface area contributed by atoms with Crippen LogP contribution in [0.2, 0.25) is 0 Å². The van der Waals surface area contributed by atoms with Crippen LogP contribution in [0, 0.1) is 29.6 Å². The Morgan fingerprint density at radius 1 is 0.889 bits per heavy atom. The molecule has 2 aromatic rings. The predicted octanol–water partition coefficient (Wildman–Crippen LogP) is 6.84. The molecule has 4 saturated carbocycles. The first-order valence-corrected chi connectivity index (χ1v) is 13.7. The predicted molar refractivity (Wildman–Crippen MR) is 142 cm³/mol. The van der Waals surface area contributed by atoms with Gasteiger partial charge in [-0.3, -0.25) is 0 Å². The molecule has 0 aliphatic heterocycles. The van der Waals surface area contributed by atoms with Gasteiger partial charge in [-0.15, -0.1) is 0 Å². The molecular weight excluding hydrogens is 448 g/mol. The van der Waals surface area contributed by atoms with E-state index in [-0.39, 0.29) is 5.41 Å². The van der Waals surface area contributed by atoms with E-state index in [1.54, 1.807) is 13.2 Å². The van der Waals surface area contributed by atoms with Crippen molar-refractivity contribution in [3.8, 4) is 17.6 Å². The van der Waals surface area contributed by atoms with Crippen LogP contribution in [-0.4, -0.2) is 31.4 Å². The van der Waals surface area contributed by atoms with E-state index in [0.29, 0.717) is 17.7 Å². The van der Waals surface area contributed by atoms with Crippen molar-refractivity contribution in [2.45, 2.75) is 69.6 Å². The molecule has 4 fully saturated rings. The molecule has 2 aromatic carbocycles. The number of hydrogen-bond donors (Lipinski definition) is 1. The van der Waals surface area contributed by atoms with Gasteiger partial charge in [0.15, 0.2) is 0 Å². The van der Waals surface area contributed by atoms with E-state index in [1.165, 1.54) is 19.3 Å². The number of aromatic carboxylic acids is 1. The summed E-state index contributed by atoms with van der Waals surface area (Å²) in [5.41, 5.74) is 2.94.